The van der Waals surface area contributed by atoms with Crippen LogP contribution in [0.4, 0.5) is 0 Å². The maximum absolute atomic E-state index is 8.73. The van der Waals surface area contributed by atoms with Gasteiger partial charge in [-0.05, 0) is 19.1 Å². The molecule has 0 saturated carbocycles. The van der Waals surface area contributed by atoms with Crippen LogP contribution in [0.2, 0.25) is 0 Å². The van der Waals surface area contributed by atoms with E-state index in [2.05, 4.69) is 26.5 Å². The van der Waals surface area contributed by atoms with E-state index in [0.717, 1.165) is 5.56 Å². The maximum atomic E-state index is 8.73. The fourth-order valence-corrected chi connectivity index (χ4v) is 1.12. The normalized spacial score (nSPS) is 9.60. The van der Waals surface area contributed by atoms with Gasteiger partial charge in [-0.15, -0.1) is 20.4 Å². The molecule has 0 N–H and O–H groups in total. The summed E-state index contributed by atoms with van der Waals surface area (Å²) >= 11 is 0. The highest BCUT2D eigenvalue weighted by atomic mass is 15.3. The Hall–Kier alpha value is -2.35. The zero-order valence-electron chi connectivity index (χ0n) is 8.05. The Kier molecular flexibility index (Phi) is 2.33. The molecule has 15 heavy (non-hydrogen) atoms. The molecule has 0 aliphatic carbocycles. The van der Waals surface area contributed by atoms with Crippen LogP contribution in [0.25, 0.3) is 11.4 Å². The Morgan fingerprint density at radius 1 is 1.13 bits per heavy atom. The Balaban J connectivity index is 2.46. The van der Waals surface area contributed by atoms with Crippen LogP contribution in [0.1, 0.15) is 11.4 Å². The van der Waals surface area contributed by atoms with Gasteiger partial charge in [-0.25, -0.2) is 0 Å². The molecule has 5 nitrogen and oxygen atoms in total. The Morgan fingerprint density at radius 3 is 2.53 bits per heavy atom. The molecule has 2 rings (SSSR count). The lowest BCUT2D eigenvalue weighted by molar-refractivity contribution is 0.816. The highest BCUT2D eigenvalue weighted by Gasteiger charge is 2.03. The summed E-state index contributed by atoms with van der Waals surface area (Å²) in [5.41, 5.74) is 1.31. The first-order valence-electron chi connectivity index (χ1n) is 4.34. The summed E-state index contributed by atoms with van der Waals surface area (Å²) in [6, 6.07) is 9.06. The molecule has 0 fully saturated rings. The number of hydrogen-bond donors (Lipinski definition) is 0. The minimum atomic E-state index is 0.428. The van der Waals surface area contributed by atoms with Crippen LogP contribution in [0.15, 0.2) is 24.3 Å². The third-order valence-corrected chi connectivity index (χ3v) is 1.83. The molecule has 0 unspecified atom stereocenters. The number of nitrogens with zero attached hydrogens (tertiary/aromatic N) is 5. The SMILES string of the molecule is Cc1nnc(-c2cccc(C#N)c2)nn1. The summed E-state index contributed by atoms with van der Waals surface area (Å²) in [5.74, 6) is 0.952. The number of aromatic nitrogens is 4. The van der Waals surface area contributed by atoms with Crippen molar-refractivity contribution in [2.75, 3.05) is 0 Å². The van der Waals surface area contributed by atoms with Crippen LogP contribution >= 0.6 is 0 Å². The van der Waals surface area contributed by atoms with Crippen molar-refractivity contribution in [2.45, 2.75) is 6.92 Å². The molecule has 0 atom stereocenters. The maximum Gasteiger partial charge on any atom is 0.203 e. The van der Waals surface area contributed by atoms with Gasteiger partial charge >= 0.3 is 0 Å². The molecule has 1 heterocycles. The van der Waals surface area contributed by atoms with Crippen molar-refractivity contribution >= 4 is 0 Å². The van der Waals surface area contributed by atoms with Crippen LogP contribution in [0.5, 0.6) is 0 Å². The van der Waals surface area contributed by atoms with Crippen molar-refractivity contribution in [1.82, 2.24) is 20.4 Å². The predicted molar refractivity (Wildman–Crippen MR) is 52.5 cm³/mol. The zero-order valence-corrected chi connectivity index (χ0v) is 8.05. The number of benzene rings is 1. The number of rotatable bonds is 1. The van der Waals surface area contributed by atoms with Gasteiger partial charge in [-0.1, -0.05) is 12.1 Å². The summed E-state index contributed by atoms with van der Waals surface area (Å²) in [6.07, 6.45) is 0. The van der Waals surface area contributed by atoms with E-state index >= 15 is 0 Å². The fraction of sp³-hybridized carbons (Fsp3) is 0.100. The van der Waals surface area contributed by atoms with Gasteiger partial charge < -0.3 is 0 Å². The molecule has 0 amide bonds. The van der Waals surface area contributed by atoms with E-state index in [0.29, 0.717) is 17.2 Å². The number of hydrogen-bond acceptors (Lipinski definition) is 5. The van der Waals surface area contributed by atoms with Gasteiger partial charge in [-0.2, -0.15) is 5.26 Å². The van der Waals surface area contributed by atoms with Crippen molar-refractivity contribution in [2.24, 2.45) is 0 Å². The van der Waals surface area contributed by atoms with Gasteiger partial charge in [0.1, 0.15) is 0 Å². The summed E-state index contributed by atoms with van der Waals surface area (Å²) in [4.78, 5) is 0. The van der Waals surface area contributed by atoms with E-state index in [-0.39, 0.29) is 0 Å². The van der Waals surface area contributed by atoms with Gasteiger partial charge in [0.25, 0.3) is 0 Å². The molecule has 1 aromatic heterocycles. The molecule has 0 aliphatic heterocycles. The second kappa shape index (κ2) is 3.80. The smallest absolute Gasteiger partial charge is 0.192 e. The van der Waals surface area contributed by atoms with Gasteiger partial charge in [-0.3, -0.25) is 0 Å². The summed E-state index contributed by atoms with van der Waals surface area (Å²) < 4.78 is 0. The average molecular weight is 197 g/mol. The standard InChI is InChI=1S/C10H7N5/c1-7-12-14-10(15-13-7)9-4-2-3-8(5-9)6-11/h2-5H,1H3. The van der Waals surface area contributed by atoms with E-state index in [1.54, 1.807) is 25.1 Å². The third kappa shape index (κ3) is 1.94. The first-order valence-corrected chi connectivity index (χ1v) is 4.34. The first kappa shape index (κ1) is 9.21. The molecule has 1 aromatic carbocycles. The number of aryl methyl sites for hydroxylation is 1. The highest BCUT2D eigenvalue weighted by molar-refractivity contribution is 5.56. The van der Waals surface area contributed by atoms with Crippen molar-refractivity contribution in [3.63, 3.8) is 0 Å². The second-order valence-corrected chi connectivity index (χ2v) is 2.96. The molecule has 0 bridgehead atoms. The predicted octanol–water partition coefficient (Wildman–Crippen LogP) is 1.11. The van der Waals surface area contributed by atoms with Crippen LogP contribution in [-0.4, -0.2) is 20.4 Å². The molecule has 0 spiro atoms. The monoisotopic (exact) mass is 197 g/mol. The highest BCUT2D eigenvalue weighted by Crippen LogP contribution is 2.13. The quantitative estimate of drug-likeness (QED) is 0.684. The summed E-state index contributed by atoms with van der Waals surface area (Å²) in [6.45, 7) is 1.72. The van der Waals surface area contributed by atoms with E-state index in [1.165, 1.54) is 0 Å². The van der Waals surface area contributed by atoms with Gasteiger partial charge in [0.05, 0.1) is 11.6 Å². The van der Waals surface area contributed by atoms with Crippen LogP contribution in [0.3, 0.4) is 0 Å². The lowest BCUT2D eigenvalue weighted by Gasteiger charge is -1.97. The molecule has 5 heteroatoms. The van der Waals surface area contributed by atoms with Crippen molar-refractivity contribution < 1.29 is 0 Å². The van der Waals surface area contributed by atoms with E-state index in [9.17, 15) is 0 Å². The lowest BCUT2D eigenvalue weighted by atomic mass is 10.1. The Bertz CT molecular complexity index is 512. The third-order valence-electron chi connectivity index (χ3n) is 1.83. The van der Waals surface area contributed by atoms with Crippen LogP contribution in [-0.2, 0) is 0 Å². The van der Waals surface area contributed by atoms with Crippen molar-refractivity contribution in [1.29, 1.82) is 5.26 Å². The Labute approximate surface area is 86.4 Å². The zero-order chi connectivity index (χ0) is 10.7. The lowest BCUT2D eigenvalue weighted by Crippen LogP contribution is -1.98. The van der Waals surface area contributed by atoms with Crippen molar-refractivity contribution in [3.05, 3.63) is 35.7 Å². The molecule has 2 aromatic rings. The van der Waals surface area contributed by atoms with Crippen LogP contribution in [0, 0.1) is 18.3 Å². The van der Waals surface area contributed by atoms with E-state index in [4.69, 9.17) is 5.26 Å². The minimum absolute atomic E-state index is 0.428. The van der Waals surface area contributed by atoms with Gasteiger partial charge in [0.2, 0.25) is 5.82 Å². The topological polar surface area (TPSA) is 75.3 Å². The van der Waals surface area contributed by atoms with Gasteiger partial charge in [0, 0.05) is 5.56 Å². The van der Waals surface area contributed by atoms with E-state index in [1.807, 2.05) is 6.07 Å². The molecule has 0 radical (unpaired) electrons. The number of nitriles is 1. The average Bonchev–Trinajstić information content (AvgIpc) is 2.30. The molecule has 72 valence electrons. The van der Waals surface area contributed by atoms with Crippen LogP contribution < -0.4 is 0 Å². The minimum Gasteiger partial charge on any atom is -0.192 e. The van der Waals surface area contributed by atoms with Gasteiger partial charge in [0.15, 0.2) is 5.82 Å². The molecule has 0 aliphatic rings. The molecular weight excluding hydrogens is 190 g/mol. The largest absolute Gasteiger partial charge is 0.203 e. The summed E-state index contributed by atoms with van der Waals surface area (Å²) in [7, 11) is 0. The molecule has 0 saturated heterocycles. The second-order valence-electron chi connectivity index (χ2n) is 2.96. The summed E-state index contributed by atoms with van der Waals surface area (Å²) in [5, 5.41) is 24.1. The Morgan fingerprint density at radius 2 is 1.87 bits per heavy atom. The van der Waals surface area contributed by atoms with Crippen molar-refractivity contribution in [3.8, 4) is 17.5 Å². The first-order chi connectivity index (χ1) is 7.29. The molecular formula is C10H7N5. The fourth-order valence-electron chi connectivity index (χ4n) is 1.12. The van der Waals surface area contributed by atoms with E-state index < -0.39 is 0 Å².